The zero-order chi connectivity index (χ0) is 9.68. The maximum Gasteiger partial charge on any atom is 0.321 e. The fraction of sp³-hybridized carbons (Fsp3) is 0.857. The predicted octanol–water partition coefficient (Wildman–Crippen LogP) is -0.496. The van der Waals surface area contributed by atoms with Crippen molar-refractivity contribution in [1.29, 1.82) is 0 Å². The lowest BCUT2D eigenvalue weighted by Gasteiger charge is -2.09. The lowest BCUT2D eigenvalue weighted by atomic mass is 10.4. The molecule has 1 atom stereocenters. The van der Waals surface area contributed by atoms with E-state index in [1.807, 2.05) is 0 Å². The maximum atomic E-state index is 10.3. The van der Waals surface area contributed by atoms with Gasteiger partial charge >= 0.3 is 5.97 Å². The lowest BCUT2D eigenvalue weighted by molar-refractivity contribution is -0.137. The number of ether oxygens (including phenoxy) is 2. The molecule has 0 radical (unpaired) electrons. The topological polar surface area (TPSA) is 81.8 Å². The van der Waals surface area contributed by atoms with Crippen LogP contribution in [-0.4, -0.2) is 48.1 Å². The summed E-state index contributed by atoms with van der Waals surface area (Å²) in [5.41, 5.74) is 5.30. The van der Waals surface area contributed by atoms with Crippen LogP contribution in [-0.2, 0) is 14.3 Å². The molecular weight excluding hydrogens is 194 g/mol. The molecule has 1 aliphatic heterocycles. The van der Waals surface area contributed by atoms with Gasteiger partial charge < -0.3 is 20.3 Å². The molecule has 0 unspecified atom stereocenters. The normalized spacial score (nSPS) is 20.4. The van der Waals surface area contributed by atoms with E-state index in [4.69, 9.17) is 20.3 Å². The number of nitrogens with two attached hydrogens (primary N) is 1. The summed E-state index contributed by atoms with van der Waals surface area (Å²) in [6.45, 7) is 1.24. The largest absolute Gasteiger partial charge is 0.480 e. The molecule has 5 nitrogen and oxygen atoms in total. The summed E-state index contributed by atoms with van der Waals surface area (Å²) >= 11 is 1.43. The van der Waals surface area contributed by atoms with E-state index in [1.54, 1.807) is 0 Å². The predicted molar refractivity (Wildman–Crippen MR) is 48.6 cm³/mol. The van der Waals surface area contributed by atoms with Crippen molar-refractivity contribution in [2.24, 2.45) is 5.73 Å². The van der Waals surface area contributed by atoms with Gasteiger partial charge in [0.05, 0.1) is 13.2 Å². The maximum absolute atomic E-state index is 10.3. The molecule has 1 fully saturated rings. The van der Waals surface area contributed by atoms with E-state index in [1.165, 1.54) is 11.8 Å². The molecule has 0 aromatic rings. The molecule has 1 saturated heterocycles. The molecule has 0 saturated carbocycles. The van der Waals surface area contributed by atoms with Crippen molar-refractivity contribution in [3.8, 4) is 0 Å². The van der Waals surface area contributed by atoms with Crippen molar-refractivity contribution < 1.29 is 19.4 Å². The lowest BCUT2D eigenvalue weighted by Crippen LogP contribution is -2.33. The third-order valence-electron chi connectivity index (χ3n) is 1.56. The standard InChI is InChI=1S/C7H13NO4S/c8-5(7(9)10)3-13-4-6-11-1-2-12-6/h5-6H,1-4,8H2,(H,9,10)/t5-/m0/s1. The Balaban J connectivity index is 2.02. The van der Waals surface area contributed by atoms with Gasteiger partial charge in [-0.3, -0.25) is 4.79 Å². The minimum absolute atomic E-state index is 0.189. The molecule has 0 aromatic carbocycles. The number of carboxylic acid groups (broad SMARTS) is 1. The van der Waals surface area contributed by atoms with Crippen molar-refractivity contribution in [2.75, 3.05) is 24.7 Å². The minimum atomic E-state index is -0.972. The van der Waals surface area contributed by atoms with Crippen LogP contribution in [0.3, 0.4) is 0 Å². The summed E-state index contributed by atoms with van der Waals surface area (Å²) in [5, 5.41) is 8.47. The molecule has 0 spiro atoms. The first kappa shape index (κ1) is 10.8. The zero-order valence-electron chi connectivity index (χ0n) is 7.14. The van der Waals surface area contributed by atoms with E-state index in [0.717, 1.165) is 0 Å². The van der Waals surface area contributed by atoms with Crippen LogP contribution in [0.5, 0.6) is 0 Å². The number of aliphatic carboxylic acids is 1. The molecule has 0 aliphatic carbocycles. The highest BCUT2D eigenvalue weighted by Crippen LogP contribution is 2.11. The molecule has 0 aromatic heterocycles. The summed E-state index contributed by atoms with van der Waals surface area (Å²) in [5.74, 6) is 0.0558. The summed E-state index contributed by atoms with van der Waals surface area (Å²) in [6.07, 6.45) is -0.189. The Hall–Kier alpha value is -0.300. The second-order valence-electron chi connectivity index (χ2n) is 2.65. The van der Waals surface area contributed by atoms with Gasteiger partial charge in [0, 0.05) is 11.5 Å². The van der Waals surface area contributed by atoms with Crippen molar-refractivity contribution in [3.05, 3.63) is 0 Å². The van der Waals surface area contributed by atoms with E-state index >= 15 is 0 Å². The Morgan fingerprint density at radius 3 is 2.77 bits per heavy atom. The van der Waals surface area contributed by atoms with Crippen LogP contribution in [0.15, 0.2) is 0 Å². The Morgan fingerprint density at radius 2 is 2.23 bits per heavy atom. The van der Waals surface area contributed by atoms with Crippen LogP contribution >= 0.6 is 11.8 Å². The van der Waals surface area contributed by atoms with Crippen molar-refractivity contribution in [2.45, 2.75) is 12.3 Å². The fourth-order valence-electron chi connectivity index (χ4n) is 0.866. The molecule has 1 heterocycles. The van der Waals surface area contributed by atoms with Gasteiger partial charge in [-0.1, -0.05) is 0 Å². The zero-order valence-corrected chi connectivity index (χ0v) is 7.96. The number of thioether (sulfide) groups is 1. The average Bonchev–Trinajstić information content (AvgIpc) is 2.56. The van der Waals surface area contributed by atoms with E-state index in [-0.39, 0.29) is 6.29 Å². The van der Waals surface area contributed by atoms with Gasteiger partial charge in [-0.25, -0.2) is 0 Å². The Bertz CT molecular complexity index is 172. The number of hydrogen-bond acceptors (Lipinski definition) is 5. The molecule has 1 aliphatic rings. The molecule has 13 heavy (non-hydrogen) atoms. The van der Waals surface area contributed by atoms with Gasteiger partial charge in [0.1, 0.15) is 6.04 Å². The summed E-state index contributed by atoms with van der Waals surface area (Å²) in [7, 11) is 0. The van der Waals surface area contributed by atoms with Gasteiger partial charge in [-0.2, -0.15) is 11.8 Å². The highest BCUT2D eigenvalue weighted by atomic mass is 32.2. The average molecular weight is 207 g/mol. The molecule has 0 amide bonds. The van der Waals surface area contributed by atoms with Gasteiger partial charge in [-0.05, 0) is 0 Å². The van der Waals surface area contributed by atoms with Crippen LogP contribution < -0.4 is 5.73 Å². The molecule has 0 bridgehead atoms. The molecule has 3 N–H and O–H groups in total. The van der Waals surface area contributed by atoms with Crippen LogP contribution in [0, 0.1) is 0 Å². The van der Waals surface area contributed by atoms with Crippen LogP contribution in [0.4, 0.5) is 0 Å². The van der Waals surface area contributed by atoms with Gasteiger partial charge in [0.2, 0.25) is 0 Å². The number of hydrogen-bond donors (Lipinski definition) is 2. The number of carbonyl (C=O) groups is 1. The highest BCUT2D eigenvalue weighted by Gasteiger charge is 2.17. The Labute approximate surface area is 80.6 Å². The number of carboxylic acids is 1. The van der Waals surface area contributed by atoms with Gasteiger partial charge in [-0.15, -0.1) is 0 Å². The fourth-order valence-corrected chi connectivity index (χ4v) is 1.78. The first-order valence-electron chi connectivity index (χ1n) is 3.99. The van der Waals surface area contributed by atoms with Crippen LogP contribution in [0.1, 0.15) is 0 Å². The van der Waals surface area contributed by atoms with Crippen LogP contribution in [0.2, 0.25) is 0 Å². The molecular formula is C7H13NO4S. The van der Waals surface area contributed by atoms with E-state index in [2.05, 4.69) is 0 Å². The van der Waals surface area contributed by atoms with E-state index < -0.39 is 12.0 Å². The third-order valence-corrected chi connectivity index (χ3v) is 2.66. The van der Waals surface area contributed by atoms with Crippen molar-refractivity contribution in [3.63, 3.8) is 0 Å². The molecule has 1 rings (SSSR count). The second-order valence-corrected chi connectivity index (χ2v) is 3.73. The van der Waals surface area contributed by atoms with Gasteiger partial charge in [0.15, 0.2) is 6.29 Å². The molecule has 76 valence electrons. The SMILES string of the molecule is N[C@@H](CSCC1OCCO1)C(=O)O. The second kappa shape index (κ2) is 5.43. The van der Waals surface area contributed by atoms with Crippen LogP contribution in [0.25, 0.3) is 0 Å². The highest BCUT2D eigenvalue weighted by molar-refractivity contribution is 7.99. The monoisotopic (exact) mass is 207 g/mol. The first-order chi connectivity index (χ1) is 6.20. The summed E-state index contributed by atoms with van der Waals surface area (Å²) in [6, 6.07) is -0.800. The van der Waals surface area contributed by atoms with Gasteiger partial charge in [0.25, 0.3) is 0 Å². The quantitative estimate of drug-likeness (QED) is 0.632. The minimum Gasteiger partial charge on any atom is -0.480 e. The van der Waals surface area contributed by atoms with E-state index in [9.17, 15) is 4.79 Å². The summed E-state index contributed by atoms with van der Waals surface area (Å²) < 4.78 is 10.3. The molecule has 6 heteroatoms. The summed E-state index contributed by atoms with van der Waals surface area (Å²) in [4.78, 5) is 10.3. The van der Waals surface area contributed by atoms with Crippen molar-refractivity contribution in [1.82, 2.24) is 0 Å². The smallest absolute Gasteiger partial charge is 0.321 e. The van der Waals surface area contributed by atoms with E-state index in [0.29, 0.717) is 24.7 Å². The third kappa shape index (κ3) is 3.95. The first-order valence-corrected chi connectivity index (χ1v) is 5.15. The van der Waals surface area contributed by atoms with Crippen molar-refractivity contribution >= 4 is 17.7 Å². The Kier molecular flexibility index (Phi) is 4.51. The Morgan fingerprint density at radius 1 is 1.62 bits per heavy atom. The number of rotatable bonds is 5.